The molecular weight excluding hydrogens is 400 g/mol. The largest absolute Gasteiger partial charge is 0.480 e. The molecule has 9 heteroatoms. The average molecular weight is 426 g/mol. The molecule has 0 bridgehead atoms. The zero-order valence-electron chi connectivity index (χ0n) is 17.4. The zero-order chi connectivity index (χ0) is 23.0. The molecule has 0 aliphatic carbocycles. The van der Waals surface area contributed by atoms with Crippen molar-refractivity contribution >= 4 is 29.5 Å². The Morgan fingerprint density at radius 1 is 1.03 bits per heavy atom. The van der Waals surface area contributed by atoms with Crippen LogP contribution in [0.15, 0.2) is 53.5 Å². The SMILES string of the molecule is CC(C)[C@@H](NC(=O)CCc1ccc(OC(=O)c2ccc(N=C(N)N)cc2)cc1)C(=O)O. The molecule has 0 saturated carbocycles. The van der Waals surface area contributed by atoms with Crippen LogP contribution in [-0.2, 0) is 16.0 Å². The van der Waals surface area contributed by atoms with Crippen LogP contribution < -0.4 is 21.5 Å². The van der Waals surface area contributed by atoms with Gasteiger partial charge < -0.3 is 26.6 Å². The van der Waals surface area contributed by atoms with E-state index < -0.39 is 18.0 Å². The molecule has 0 aliphatic heterocycles. The van der Waals surface area contributed by atoms with Crippen molar-refractivity contribution in [2.24, 2.45) is 22.4 Å². The number of carboxylic acids is 1. The van der Waals surface area contributed by atoms with Gasteiger partial charge in [-0.3, -0.25) is 4.79 Å². The van der Waals surface area contributed by atoms with Crippen LogP contribution in [-0.4, -0.2) is 35.0 Å². The Balaban J connectivity index is 1.89. The first-order chi connectivity index (χ1) is 14.7. The van der Waals surface area contributed by atoms with Gasteiger partial charge in [0.2, 0.25) is 5.91 Å². The number of carboxylic acid groups (broad SMARTS) is 1. The third kappa shape index (κ3) is 7.46. The summed E-state index contributed by atoms with van der Waals surface area (Å²) in [7, 11) is 0. The van der Waals surface area contributed by atoms with Crippen LogP contribution in [0, 0.1) is 5.92 Å². The Labute approximate surface area is 180 Å². The van der Waals surface area contributed by atoms with E-state index in [-0.39, 0.29) is 24.2 Å². The van der Waals surface area contributed by atoms with E-state index in [1.54, 1.807) is 62.4 Å². The Morgan fingerprint density at radius 3 is 2.16 bits per heavy atom. The van der Waals surface area contributed by atoms with Crippen LogP contribution in [0.1, 0.15) is 36.2 Å². The Morgan fingerprint density at radius 2 is 1.65 bits per heavy atom. The van der Waals surface area contributed by atoms with Gasteiger partial charge in [-0.1, -0.05) is 26.0 Å². The summed E-state index contributed by atoms with van der Waals surface area (Å²) in [5.74, 6) is -1.84. The number of aliphatic carboxylic acids is 1. The van der Waals surface area contributed by atoms with Gasteiger partial charge in [-0.25, -0.2) is 14.6 Å². The highest BCUT2D eigenvalue weighted by molar-refractivity contribution is 5.91. The predicted molar refractivity (Wildman–Crippen MR) is 116 cm³/mol. The summed E-state index contributed by atoms with van der Waals surface area (Å²) < 4.78 is 5.34. The fourth-order valence-electron chi connectivity index (χ4n) is 2.73. The van der Waals surface area contributed by atoms with Gasteiger partial charge in [0.1, 0.15) is 11.8 Å². The summed E-state index contributed by atoms with van der Waals surface area (Å²) in [6, 6.07) is 12.1. The maximum absolute atomic E-state index is 12.3. The second kappa shape index (κ2) is 10.8. The Kier molecular flexibility index (Phi) is 8.13. The molecule has 0 heterocycles. The molecule has 2 aromatic carbocycles. The summed E-state index contributed by atoms with van der Waals surface area (Å²) in [6.45, 7) is 3.47. The highest BCUT2D eigenvalue weighted by atomic mass is 16.5. The number of rotatable bonds is 9. The number of aryl methyl sites for hydroxylation is 1. The molecule has 164 valence electrons. The minimum Gasteiger partial charge on any atom is -0.480 e. The number of ether oxygens (including phenoxy) is 1. The molecule has 0 aromatic heterocycles. The molecule has 6 N–H and O–H groups in total. The third-order valence-electron chi connectivity index (χ3n) is 4.39. The molecule has 0 spiro atoms. The number of amides is 1. The van der Waals surface area contributed by atoms with E-state index in [4.69, 9.17) is 21.3 Å². The van der Waals surface area contributed by atoms with Crippen LogP contribution in [0.2, 0.25) is 0 Å². The van der Waals surface area contributed by atoms with Crippen LogP contribution in [0.5, 0.6) is 5.75 Å². The van der Waals surface area contributed by atoms with Gasteiger partial charge in [-0.2, -0.15) is 0 Å². The fourth-order valence-corrected chi connectivity index (χ4v) is 2.73. The number of hydrogen-bond donors (Lipinski definition) is 4. The maximum Gasteiger partial charge on any atom is 0.343 e. The molecule has 0 radical (unpaired) electrons. The second-order valence-electron chi connectivity index (χ2n) is 7.24. The van der Waals surface area contributed by atoms with Crippen molar-refractivity contribution in [2.45, 2.75) is 32.7 Å². The van der Waals surface area contributed by atoms with Gasteiger partial charge in [0.15, 0.2) is 5.96 Å². The van der Waals surface area contributed by atoms with E-state index in [0.717, 1.165) is 5.56 Å². The molecule has 31 heavy (non-hydrogen) atoms. The van der Waals surface area contributed by atoms with E-state index in [9.17, 15) is 14.4 Å². The maximum atomic E-state index is 12.3. The van der Waals surface area contributed by atoms with Crippen LogP contribution in [0.25, 0.3) is 0 Å². The van der Waals surface area contributed by atoms with Crippen molar-refractivity contribution < 1.29 is 24.2 Å². The quantitative estimate of drug-likeness (QED) is 0.207. The minimum absolute atomic E-state index is 0.0745. The number of nitrogens with zero attached hydrogens (tertiary/aromatic N) is 1. The first-order valence-corrected chi connectivity index (χ1v) is 9.68. The number of nitrogens with one attached hydrogen (secondary N) is 1. The number of carbonyl (C=O) groups is 3. The van der Waals surface area contributed by atoms with E-state index in [2.05, 4.69) is 10.3 Å². The summed E-state index contributed by atoms with van der Waals surface area (Å²) >= 11 is 0. The monoisotopic (exact) mass is 426 g/mol. The van der Waals surface area contributed by atoms with Crippen molar-refractivity contribution in [1.29, 1.82) is 0 Å². The number of esters is 1. The minimum atomic E-state index is -1.06. The second-order valence-corrected chi connectivity index (χ2v) is 7.24. The first-order valence-electron chi connectivity index (χ1n) is 9.68. The molecule has 2 aromatic rings. The lowest BCUT2D eigenvalue weighted by atomic mass is 10.0. The number of guanidine groups is 1. The van der Waals surface area contributed by atoms with Crippen LogP contribution in [0.3, 0.4) is 0 Å². The molecule has 0 fully saturated rings. The van der Waals surface area contributed by atoms with Gasteiger partial charge in [0.05, 0.1) is 11.3 Å². The van der Waals surface area contributed by atoms with Crippen LogP contribution >= 0.6 is 0 Å². The molecule has 9 nitrogen and oxygen atoms in total. The lowest BCUT2D eigenvalue weighted by Gasteiger charge is -2.17. The highest BCUT2D eigenvalue weighted by Gasteiger charge is 2.23. The van der Waals surface area contributed by atoms with Crippen molar-refractivity contribution in [3.63, 3.8) is 0 Å². The zero-order valence-corrected chi connectivity index (χ0v) is 17.4. The molecular formula is C22H26N4O5. The highest BCUT2D eigenvalue weighted by Crippen LogP contribution is 2.17. The van der Waals surface area contributed by atoms with Crippen LogP contribution in [0.4, 0.5) is 5.69 Å². The molecule has 2 rings (SSSR count). The smallest absolute Gasteiger partial charge is 0.343 e. The number of hydrogen-bond acceptors (Lipinski definition) is 5. The summed E-state index contributed by atoms with van der Waals surface area (Å²) in [5.41, 5.74) is 12.3. The molecule has 1 atom stereocenters. The van der Waals surface area contributed by atoms with Crippen molar-refractivity contribution in [3.05, 3.63) is 59.7 Å². The fraction of sp³-hybridized carbons (Fsp3) is 0.273. The summed E-state index contributed by atoms with van der Waals surface area (Å²) in [6.07, 6.45) is 0.578. The van der Waals surface area contributed by atoms with Gasteiger partial charge in [-0.15, -0.1) is 0 Å². The lowest BCUT2D eigenvalue weighted by Crippen LogP contribution is -2.44. The van der Waals surface area contributed by atoms with Crippen molar-refractivity contribution in [1.82, 2.24) is 5.32 Å². The topological polar surface area (TPSA) is 157 Å². The molecule has 0 saturated heterocycles. The van der Waals surface area contributed by atoms with Crippen molar-refractivity contribution in [3.8, 4) is 5.75 Å². The van der Waals surface area contributed by atoms with E-state index in [1.807, 2.05) is 0 Å². The molecule has 0 aliphatic rings. The van der Waals surface area contributed by atoms with Gasteiger partial charge in [-0.05, 0) is 54.3 Å². The normalized spacial score (nSPS) is 11.5. The van der Waals surface area contributed by atoms with E-state index in [0.29, 0.717) is 23.4 Å². The Bertz CT molecular complexity index is 949. The van der Waals surface area contributed by atoms with Gasteiger partial charge in [0, 0.05) is 6.42 Å². The third-order valence-corrected chi connectivity index (χ3v) is 4.39. The van der Waals surface area contributed by atoms with Gasteiger partial charge in [0.25, 0.3) is 0 Å². The van der Waals surface area contributed by atoms with Crippen molar-refractivity contribution in [2.75, 3.05) is 0 Å². The van der Waals surface area contributed by atoms with E-state index >= 15 is 0 Å². The number of carbonyl (C=O) groups excluding carboxylic acids is 2. The lowest BCUT2D eigenvalue weighted by molar-refractivity contribution is -0.143. The van der Waals surface area contributed by atoms with E-state index in [1.165, 1.54) is 0 Å². The molecule has 1 amide bonds. The number of nitrogens with two attached hydrogens (primary N) is 2. The number of benzene rings is 2. The number of aliphatic imine (C=N–C) groups is 1. The molecule has 0 unspecified atom stereocenters. The average Bonchev–Trinajstić information content (AvgIpc) is 2.71. The van der Waals surface area contributed by atoms with Gasteiger partial charge >= 0.3 is 11.9 Å². The summed E-state index contributed by atoms with van der Waals surface area (Å²) in [4.78, 5) is 39.3. The summed E-state index contributed by atoms with van der Waals surface area (Å²) in [5, 5.41) is 11.7. The standard InChI is InChI=1S/C22H26N4O5/c1-13(2)19(20(28)29)26-18(27)12-5-14-3-10-17(11-4-14)31-21(30)15-6-8-16(9-7-15)25-22(23)24/h3-4,6-11,13,19H,5,12H2,1-2H3,(H,26,27)(H,28,29)(H4,23,24,25)/t19-/m1/s1. The first kappa shape index (κ1) is 23.4. The Hall–Kier alpha value is -3.88. The predicted octanol–water partition coefficient (Wildman–Crippen LogP) is 1.97.